The summed E-state index contributed by atoms with van der Waals surface area (Å²) in [7, 11) is -7.41. The molecular weight excluding hydrogens is 388 g/mol. The average molecular weight is 408 g/mol. The van der Waals surface area contributed by atoms with Gasteiger partial charge in [0.2, 0.25) is 20.0 Å². The number of hydrogen-bond donors (Lipinski definition) is 2. The predicted octanol–water partition coefficient (Wildman–Crippen LogP) is -0.295. The topological polar surface area (TPSA) is 162 Å². The van der Waals surface area contributed by atoms with Crippen LogP contribution in [0.1, 0.15) is 6.92 Å². The van der Waals surface area contributed by atoms with Gasteiger partial charge in [-0.3, -0.25) is 10.1 Å². The summed E-state index contributed by atoms with van der Waals surface area (Å²) in [5.41, 5.74) is -0.369. The van der Waals surface area contributed by atoms with Crippen LogP contribution in [0.25, 0.3) is 0 Å². The highest BCUT2D eigenvalue weighted by Gasteiger charge is 2.28. The third kappa shape index (κ3) is 4.88. The van der Waals surface area contributed by atoms with Crippen LogP contribution in [0.3, 0.4) is 0 Å². The van der Waals surface area contributed by atoms with E-state index < -0.39 is 36.8 Å². The number of benzene rings is 1. The van der Waals surface area contributed by atoms with Gasteiger partial charge in [0.1, 0.15) is 5.69 Å². The van der Waals surface area contributed by atoms with Crippen molar-refractivity contribution >= 4 is 31.4 Å². The molecule has 26 heavy (non-hydrogen) atoms. The zero-order chi connectivity index (χ0) is 19.5. The molecule has 1 fully saturated rings. The quantitative estimate of drug-likeness (QED) is 0.459. The van der Waals surface area contributed by atoms with E-state index in [0.29, 0.717) is 0 Å². The van der Waals surface area contributed by atoms with Gasteiger partial charge in [0.05, 0.1) is 28.3 Å². The lowest BCUT2D eigenvalue weighted by molar-refractivity contribution is -0.384. The van der Waals surface area contributed by atoms with E-state index >= 15 is 0 Å². The molecule has 0 aromatic heterocycles. The molecule has 1 heterocycles. The van der Waals surface area contributed by atoms with Crippen LogP contribution in [-0.2, 0) is 24.8 Å². The molecule has 1 aromatic carbocycles. The lowest BCUT2D eigenvalue weighted by Crippen LogP contribution is -2.48. The summed E-state index contributed by atoms with van der Waals surface area (Å²) in [5.74, 6) is -0.0202. The molecule has 0 spiro atoms. The number of anilines is 1. The van der Waals surface area contributed by atoms with E-state index in [4.69, 9.17) is 9.88 Å². The number of nitro benzene ring substituents is 1. The number of morpholine rings is 1. The number of ether oxygens (including phenoxy) is 1. The molecule has 0 amide bonds. The predicted molar refractivity (Wildman–Crippen MR) is 93.7 cm³/mol. The number of nitrogens with one attached hydrogen (secondary N) is 1. The first kappa shape index (κ1) is 20.5. The molecule has 1 saturated heterocycles. The summed E-state index contributed by atoms with van der Waals surface area (Å²) < 4.78 is 53.4. The van der Waals surface area contributed by atoms with Gasteiger partial charge in [-0.05, 0) is 19.1 Å². The third-order valence-electron chi connectivity index (χ3n) is 3.87. The Morgan fingerprint density at radius 2 is 2.08 bits per heavy atom. The van der Waals surface area contributed by atoms with E-state index in [1.165, 1.54) is 10.4 Å². The van der Waals surface area contributed by atoms with Crippen molar-refractivity contribution in [2.45, 2.75) is 17.9 Å². The van der Waals surface area contributed by atoms with E-state index in [1.54, 1.807) is 6.92 Å². The molecule has 1 unspecified atom stereocenters. The van der Waals surface area contributed by atoms with E-state index in [9.17, 15) is 26.9 Å². The Balaban J connectivity index is 2.13. The average Bonchev–Trinajstić information content (AvgIpc) is 2.59. The molecule has 0 saturated carbocycles. The van der Waals surface area contributed by atoms with Gasteiger partial charge < -0.3 is 10.1 Å². The fourth-order valence-electron chi connectivity index (χ4n) is 2.46. The summed E-state index contributed by atoms with van der Waals surface area (Å²) in [5, 5.41) is 19.0. The maximum absolute atomic E-state index is 11.9. The molecule has 1 aliphatic heterocycles. The van der Waals surface area contributed by atoms with Crippen LogP contribution >= 0.6 is 0 Å². The smallest absolute Gasteiger partial charge is 0.293 e. The van der Waals surface area contributed by atoms with Crippen LogP contribution in [0.4, 0.5) is 11.4 Å². The molecule has 1 aromatic rings. The summed E-state index contributed by atoms with van der Waals surface area (Å²) >= 11 is 0. The minimum Gasteiger partial charge on any atom is -0.377 e. The van der Waals surface area contributed by atoms with Gasteiger partial charge in [0, 0.05) is 25.7 Å². The van der Waals surface area contributed by atoms with Crippen molar-refractivity contribution < 1.29 is 26.5 Å². The van der Waals surface area contributed by atoms with Crippen LogP contribution in [0.15, 0.2) is 23.1 Å². The molecule has 3 N–H and O–H groups in total. The van der Waals surface area contributed by atoms with Crippen molar-refractivity contribution in [2.75, 3.05) is 37.3 Å². The molecule has 0 bridgehead atoms. The van der Waals surface area contributed by atoms with Gasteiger partial charge in [-0.25, -0.2) is 22.0 Å². The Morgan fingerprint density at radius 3 is 2.65 bits per heavy atom. The second-order valence-corrected chi connectivity index (χ2v) is 9.43. The minimum atomic E-state index is -4.07. The second-order valence-electron chi connectivity index (χ2n) is 5.61. The Kier molecular flexibility index (Phi) is 6.18. The number of nitro groups is 1. The van der Waals surface area contributed by atoms with Gasteiger partial charge in [-0.15, -0.1) is 0 Å². The van der Waals surface area contributed by atoms with Crippen LogP contribution in [0.5, 0.6) is 0 Å². The number of primary sulfonamides is 1. The summed E-state index contributed by atoms with van der Waals surface area (Å²) in [4.78, 5) is 10.1. The molecule has 11 nitrogen and oxygen atoms in total. The van der Waals surface area contributed by atoms with E-state index in [1.807, 2.05) is 0 Å². The first-order chi connectivity index (χ1) is 12.0. The minimum absolute atomic E-state index is 0.0202. The van der Waals surface area contributed by atoms with Crippen LogP contribution in [-0.4, -0.2) is 64.2 Å². The lowest BCUT2D eigenvalue weighted by Gasteiger charge is -2.32. The molecular formula is C13H20N4O7S2. The summed E-state index contributed by atoms with van der Waals surface area (Å²) in [6.45, 7) is 2.28. The van der Waals surface area contributed by atoms with E-state index in [-0.39, 0.29) is 42.6 Å². The maximum Gasteiger partial charge on any atom is 0.293 e. The molecule has 13 heteroatoms. The maximum atomic E-state index is 11.9. The fourth-order valence-corrected chi connectivity index (χ4v) is 4.11. The van der Waals surface area contributed by atoms with E-state index in [0.717, 1.165) is 12.1 Å². The van der Waals surface area contributed by atoms with Crippen molar-refractivity contribution in [3.05, 3.63) is 28.3 Å². The number of nitrogens with two attached hydrogens (primary N) is 1. The van der Waals surface area contributed by atoms with Gasteiger partial charge >= 0.3 is 0 Å². The number of sulfonamides is 2. The molecule has 1 aliphatic rings. The van der Waals surface area contributed by atoms with Crippen molar-refractivity contribution in [1.82, 2.24) is 4.31 Å². The normalized spacial score (nSPS) is 19.2. The molecule has 0 aliphatic carbocycles. The molecule has 146 valence electrons. The van der Waals surface area contributed by atoms with Crippen molar-refractivity contribution in [3.8, 4) is 0 Å². The fraction of sp³-hybridized carbons (Fsp3) is 0.538. The Bertz CT molecular complexity index is 886. The van der Waals surface area contributed by atoms with Gasteiger partial charge in [-0.1, -0.05) is 0 Å². The summed E-state index contributed by atoms with van der Waals surface area (Å²) in [6, 6.07) is 3.26. The van der Waals surface area contributed by atoms with Crippen LogP contribution in [0.2, 0.25) is 0 Å². The second kappa shape index (κ2) is 7.84. The largest absolute Gasteiger partial charge is 0.377 e. The number of hydrogen-bond acceptors (Lipinski definition) is 8. The SMILES string of the molecule is CCS(=O)(=O)N1CCOC(CNc2ccc(S(N)(=O)=O)cc2[N+](=O)[O-])C1. The zero-order valence-corrected chi connectivity index (χ0v) is 15.6. The first-order valence-corrected chi connectivity index (χ1v) is 10.8. The third-order valence-corrected chi connectivity index (χ3v) is 6.63. The number of rotatable bonds is 7. The van der Waals surface area contributed by atoms with Crippen molar-refractivity contribution in [3.63, 3.8) is 0 Å². The van der Waals surface area contributed by atoms with Gasteiger partial charge in [0.25, 0.3) is 5.69 Å². The Morgan fingerprint density at radius 1 is 1.38 bits per heavy atom. The standard InChI is InChI=1S/C13H20N4O7S2/c1-2-25(20,21)16-5-6-24-10(9-16)8-15-12-4-3-11(26(14,22)23)7-13(12)17(18)19/h3-4,7,10,15H,2,5-6,8-9H2,1H3,(H2,14,22,23). The molecule has 2 rings (SSSR count). The van der Waals surface area contributed by atoms with Gasteiger partial charge in [-0.2, -0.15) is 4.31 Å². The lowest BCUT2D eigenvalue weighted by atomic mass is 10.2. The van der Waals surface area contributed by atoms with E-state index in [2.05, 4.69) is 5.32 Å². The zero-order valence-electron chi connectivity index (χ0n) is 14.0. The Hall–Kier alpha value is -1.80. The number of nitrogens with zero attached hydrogens (tertiary/aromatic N) is 2. The Labute approximate surface area is 151 Å². The van der Waals surface area contributed by atoms with Crippen LogP contribution < -0.4 is 10.5 Å². The van der Waals surface area contributed by atoms with Crippen molar-refractivity contribution in [1.29, 1.82) is 0 Å². The van der Waals surface area contributed by atoms with Crippen molar-refractivity contribution in [2.24, 2.45) is 5.14 Å². The molecule has 0 radical (unpaired) electrons. The highest BCUT2D eigenvalue weighted by Crippen LogP contribution is 2.27. The highest BCUT2D eigenvalue weighted by atomic mass is 32.2. The monoisotopic (exact) mass is 408 g/mol. The van der Waals surface area contributed by atoms with Gasteiger partial charge in [0.15, 0.2) is 0 Å². The van der Waals surface area contributed by atoms with Crippen LogP contribution in [0, 0.1) is 10.1 Å². The highest BCUT2D eigenvalue weighted by molar-refractivity contribution is 7.89. The summed E-state index contributed by atoms with van der Waals surface area (Å²) in [6.07, 6.45) is -0.498. The first-order valence-electron chi connectivity index (χ1n) is 7.69. The molecule has 1 atom stereocenters.